The minimum absolute atomic E-state index is 0.948. The molecule has 0 spiro atoms. The zero-order chi connectivity index (χ0) is 16.7. The number of benzene rings is 1. The number of pyridine rings is 1. The minimum Gasteiger partial charge on any atom is -0.256 e. The van der Waals surface area contributed by atoms with Crippen molar-refractivity contribution in [3.63, 3.8) is 0 Å². The van der Waals surface area contributed by atoms with Gasteiger partial charge in [0.1, 0.15) is 0 Å². The summed E-state index contributed by atoms with van der Waals surface area (Å²) >= 11 is 0. The van der Waals surface area contributed by atoms with Crippen LogP contribution in [0.15, 0.2) is 43.6 Å². The maximum atomic E-state index is 4.42. The fraction of sp³-hybridized carbons (Fsp3) is 0.286. The lowest BCUT2D eigenvalue weighted by Crippen LogP contribution is -1.93. The monoisotopic (exact) mass is 293 g/mol. The molecule has 0 saturated carbocycles. The molecule has 2 rings (SSSR count). The number of allylic oxidation sites excluding steroid dienone is 1. The third-order valence-electron chi connectivity index (χ3n) is 3.33. The van der Waals surface area contributed by atoms with E-state index in [1.807, 2.05) is 19.2 Å². The molecule has 0 bridgehead atoms. The molecule has 0 amide bonds. The van der Waals surface area contributed by atoms with Gasteiger partial charge in [-0.2, -0.15) is 0 Å². The third-order valence-corrected chi connectivity index (χ3v) is 3.33. The molecular weight excluding hydrogens is 266 g/mol. The van der Waals surface area contributed by atoms with Gasteiger partial charge in [-0.05, 0) is 66.3 Å². The van der Waals surface area contributed by atoms with Crippen molar-refractivity contribution in [3.05, 3.63) is 66.0 Å². The summed E-state index contributed by atoms with van der Waals surface area (Å²) in [7, 11) is 0. The van der Waals surface area contributed by atoms with Crippen LogP contribution >= 0.6 is 0 Å². The van der Waals surface area contributed by atoms with Crippen molar-refractivity contribution in [2.75, 3.05) is 0 Å². The molecule has 0 aliphatic heterocycles. The summed E-state index contributed by atoms with van der Waals surface area (Å²) < 4.78 is 0. The average Bonchev–Trinajstić information content (AvgIpc) is 2.49. The Hall–Kier alpha value is -2.15. The SMILES string of the molecule is C=Cc1ccc(C)c(-c2cc(C(=C)C)ncc2C)c1.CCC. The number of hydrogen-bond acceptors (Lipinski definition) is 1. The van der Waals surface area contributed by atoms with E-state index in [4.69, 9.17) is 0 Å². The van der Waals surface area contributed by atoms with Crippen LogP contribution in [0.1, 0.15) is 49.6 Å². The zero-order valence-electron chi connectivity index (χ0n) is 14.5. The second kappa shape index (κ2) is 8.33. The highest BCUT2D eigenvalue weighted by Gasteiger charge is 2.08. The number of hydrogen-bond donors (Lipinski definition) is 0. The molecule has 0 unspecified atom stereocenters. The Morgan fingerprint density at radius 1 is 1.09 bits per heavy atom. The van der Waals surface area contributed by atoms with Gasteiger partial charge in [0, 0.05) is 6.20 Å². The molecule has 116 valence electrons. The number of aromatic nitrogens is 1. The molecule has 0 N–H and O–H groups in total. The van der Waals surface area contributed by atoms with E-state index in [1.54, 1.807) is 0 Å². The summed E-state index contributed by atoms with van der Waals surface area (Å²) in [6, 6.07) is 8.51. The van der Waals surface area contributed by atoms with Gasteiger partial charge in [-0.1, -0.05) is 51.6 Å². The first kappa shape index (κ1) is 17.9. The van der Waals surface area contributed by atoms with Crippen molar-refractivity contribution in [2.45, 2.75) is 41.0 Å². The van der Waals surface area contributed by atoms with Gasteiger partial charge in [0.2, 0.25) is 0 Å². The van der Waals surface area contributed by atoms with Crippen LogP contribution in [0.25, 0.3) is 22.8 Å². The standard InChI is InChI=1S/C18H19N.C3H8/c1-6-15-8-7-13(4)16(9-15)17-10-18(12(2)3)19-11-14(17)5;1-3-2/h6-11H,1-2H2,3-5H3;3H2,1-2H3. The first-order chi connectivity index (χ1) is 10.4. The number of rotatable bonds is 3. The van der Waals surface area contributed by atoms with Crippen LogP contribution < -0.4 is 0 Å². The normalized spacial score (nSPS) is 9.68. The predicted molar refractivity (Wildman–Crippen MR) is 99.9 cm³/mol. The second-order valence-electron chi connectivity index (χ2n) is 5.65. The topological polar surface area (TPSA) is 12.9 Å². The molecule has 0 saturated heterocycles. The molecule has 0 aliphatic rings. The van der Waals surface area contributed by atoms with Gasteiger partial charge < -0.3 is 0 Å². The van der Waals surface area contributed by atoms with Crippen molar-refractivity contribution >= 4 is 11.6 Å². The van der Waals surface area contributed by atoms with Gasteiger partial charge in [0.05, 0.1) is 5.69 Å². The number of nitrogens with zero attached hydrogens (tertiary/aromatic N) is 1. The molecule has 1 aromatic heterocycles. The summed E-state index contributed by atoms with van der Waals surface area (Å²) in [5, 5.41) is 0. The largest absolute Gasteiger partial charge is 0.256 e. The van der Waals surface area contributed by atoms with Crippen LogP contribution in [0.5, 0.6) is 0 Å². The highest BCUT2D eigenvalue weighted by molar-refractivity contribution is 5.75. The van der Waals surface area contributed by atoms with E-state index in [0.717, 1.165) is 16.8 Å². The molecule has 0 fully saturated rings. The van der Waals surface area contributed by atoms with Crippen molar-refractivity contribution in [1.29, 1.82) is 0 Å². The third kappa shape index (κ3) is 4.42. The molecule has 0 aliphatic carbocycles. The predicted octanol–water partition coefficient (Wildman–Crippen LogP) is 6.46. The van der Waals surface area contributed by atoms with Crippen molar-refractivity contribution in [3.8, 4) is 11.1 Å². The van der Waals surface area contributed by atoms with Gasteiger partial charge in [0.15, 0.2) is 0 Å². The van der Waals surface area contributed by atoms with Crippen LogP contribution in [0.4, 0.5) is 0 Å². The van der Waals surface area contributed by atoms with Crippen LogP contribution in [-0.4, -0.2) is 4.98 Å². The number of aryl methyl sites for hydroxylation is 2. The van der Waals surface area contributed by atoms with E-state index in [1.165, 1.54) is 28.7 Å². The maximum absolute atomic E-state index is 4.42. The lowest BCUT2D eigenvalue weighted by molar-refractivity contribution is 1.09. The molecule has 2 aromatic rings. The van der Waals surface area contributed by atoms with Gasteiger partial charge in [-0.15, -0.1) is 0 Å². The lowest BCUT2D eigenvalue weighted by Gasteiger charge is -2.12. The van der Waals surface area contributed by atoms with Crippen molar-refractivity contribution in [2.24, 2.45) is 0 Å². The lowest BCUT2D eigenvalue weighted by atomic mass is 9.94. The summed E-state index contributed by atoms with van der Waals surface area (Å²) in [6.07, 6.45) is 5.04. The molecular formula is C21H27N. The Bertz CT molecular complexity index is 666. The summed E-state index contributed by atoms with van der Waals surface area (Å²) in [5.41, 5.74) is 7.95. The summed E-state index contributed by atoms with van der Waals surface area (Å²) in [4.78, 5) is 4.42. The smallest absolute Gasteiger partial charge is 0.0659 e. The van der Waals surface area contributed by atoms with Crippen LogP contribution in [-0.2, 0) is 0 Å². The van der Waals surface area contributed by atoms with Crippen LogP contribution in [0.2, 0.25) is 0 Å². The Balaban J connectivity index is 0.000000745. The van der Waals surface area contributed by atoms with E-state index in [-0.39, 0.29) is 0 Å². The highest BCUT2D eigenvalue weighted by atomic mass is 14.7. The molecule has 22 heavy (non-hydrogen) atoms. The Labute approximate surface area is 135 Å². The van der Waals surface area contributed by atoms with E-state index in [2.05, 4.69) is 70.1 Å². The highest BCUT2D eigenvalue weighted by Crippen LogP contribution is 2.29. The van der Waals surface area contributed by atoms with Crippen LogP contribution in [0, 0.1) is 13.8 Å². The van der Waals surface area contributed by atoms with Crippen LogP contribution in [0.3, 0.4) is 0 Å². The van der Waals surface area contributed by atoms with Crippen molar-refractivity contribution < 1.29 is 0 Å². The Kier molecular flexibility index (Phi) is 6.78. The van der Waals surface area contributed by atoms with Gasteiger partial charge in [0.25, 0.3) is 0 Å². The van der Waals surface area contributed by atoms with Gasteiger partial charge in [-0.3, -0.25) is 4.98 Å². The molecule has 1 aromatic carbocycles. The summed E-state index contributed by atoms with van der Waals surface area (Å²) in [6.45, 7) is 18.3. The van der Waals surface area contributed by atoms with Gasteiger partial charge in [-0.25, -0.2) is 0 Å². The minimum atomic E-state index is 0.948. The Morgan fingerprint density at radius 2 is 1.68 bits per heavy atom. The zero-order valence-corrected chi connectivity index (χ0v) is 14.5. The van der Waals surface area contributed by atoms with E-state index in [0.29, 0.717) is 0 Å². The fourth-order valence-corrected chi connectivity index (χ4v) is 2.10. The summed E-state index contributed by atoms with van der Waals surface area (Å²) in [5.74, 6) is 0. The van der Waals surface area contributed by atoms with E-state index in [9.17, 15) is 0 Å². The second-order valence-corrected chi connectivity index (χ2v) is 5.65. The maximum Gasteiger partial charge on any atom is 0.0659 e. The first-order valence-corrected chi connectivity index (χ1v) is 7.80. The molecule has 1 heteroatoms. The fourth-order valence-electron chi connectivity index (χ4n) is 2.10. The van der Waals surface area contributed by atoms with Gasteiger partial charge >= 0.3 is 0 Å². The molecule has 0 atom stereocenters. The Morgan fingerprint density at radius 3 is 2.23 bits per heavy atom. The first-order valence-electron chi connectivity index (χ1n) is 7.80. The quantitative estimate of drug-likeness (QED) is 0.633. The average molecular weight is 293 g/mol. The van der Waals surface area contributed by atoms with E-state index < -0.39 is 0 Å². The molecule has 1 heterocycles. The molecule has 1 nitrogen and oxygen atoms in total. The molecule has 0 radical (unpaired) electrons. The van der Waals surface area contributed by atoms with E-state index >= 15 is 0 Å². The van der Waals surface area contributed by atoms with Crippen molar-refractivity contribution in [1.82, 2.24) is 4.98 Å².